The van der Waals surface area contributed by atoms with Crippen LogP contribution in [-0.2, 0) is 16.0 Å². The minimum absolute atomic E-state index is 0.115. The summed E-state index contributed by atoms with van der Waals surface area (Å²) in [5.74, 6) is 0.217. The van der Waals surface area contributed by atoms with E-state index in [1.54, 1.807) is 31.3 Å². The molecule has 1 aliphatic rings. The van der Waals surface area contributed by atoms with Crippen molar-refractivity contribution in [2.24, 2.45) is 5.10 Å². The molecule has 4 rings (SSSR count). The standard InChI is InChI=1S/C32H39N5O6/c1-7-22-9-12-25(13-10-22)37-19(3)15-24(21(37)5)17-33-36-28(38)18-43-26-14-11-23(16-27(26)42-8-2)30-29(31(39)41-6)20(4)34-32(40)35-30/h9-17,28,30,36,38H,7-8,18H2,1-6H3,(H2,34,35,40)/b33-17-/t28-,30+/m0/s1. The maximum absolute atomic E-state index is 12.4. The SMILES string of the molecule is CCOc1cc([C@H]2NC(=O)NC(C)=C2C(=O)OC)ccc1OC[C@H](O)N/N=C\c1cc(C)n(-c2ccc(CC)cc2)c1C. The molecule has 3 aromatic rings. The number of allylic oxidation sites excluding steroid dienone is 1. The number of nitrogens with one attached hydrogen (secondary N) is 3. The number of methoxy groups -OCH3 is 1. The fourth-order valence-electron chi connectivity index (χ4n) is 5.01. The fourth-order valence-corrected chi connectivity index (χ4v) is 5.01. The first-order valence-electron chi connectivity index (χ1n) is 14.2. The van der Waals surface area contributed by atoms with Crippen LogP contribution in [0.2, 0.25) is 0 Å². The van der Waals surface area contributed by atoms with Crippen LogP contribution in [0.5, 0.6) is 11.5 Å². The number of aryl methyl sites for hydroxylation is 2. The molecule has 2 atom stereocenters. The summed E-state index contributed by atoms with van der Waals surface area (Å²) in [5, 5.41) is 20.1. The lowest BCUT2D eigenvalue weighted by Gasteiger charge is -2.28. The van der Waals surface area contributed by atoms with Gasteiger partial charge in [-0.3, -0.25) is 5.43 Å². The lowest BCUT2D eigenvalue weighted by Crippen LogP contribution is -2.45. The Morgan fingerprint density at radius 2 is 1.84 bits per heavy atom. The van der Waals surface area contributed by atoms with Gasteiger partial charge in [-0.2, -0.15) is 5.10 Å². The highest BCUT2D eigenvalue weighted by Crippen LogP contribution is 2.35. The Bertz CT molecular complexity index is 1530. The summed E-state index contributed by atoms with van der Waals surface area (Å²) < 4.78 is 18.7. The molecule has 0 fully saturated rings. The maximum Gasteiger partial charge on any atom is 0.337 e. The summed E-state index contributed by atoms with van der Waals surface area (Å²) >= 11 is 0. The van der Waals surface area contributed by atoms with Gasteiger partial charge in [0, 0.05) is 28.3 Å². The minimum Gasteiger partial charge on any atom is -0.490 e. The number of aromatic nitrogens is 1. The third kappa shape index (κ3) is 7.18. The molecule has 11 heteroatoms. The Balaban J connectivity index is 1.42. The molecule has 2 aromatic carbocycles. The normalized spacial score (nSPS) is 15.6. The molecule has 43 heavy (non-hydrogen) atoms. The van der Waals surface area contributed by atoms with E-state index in [2.05, 4.69) is 56.9 Å². The van der Waals surface area contributed by atoms with E-state index in [1.807, 2.05) is 26.8 Å². The molecule has 228 valence electrons. The van der Waals surface area contributed by atoms with Crippen LogP contribution in [0.15, 0.2) is 64.9 Å². The van der Waals surface area contributed by atoms with E-state index in [0.29, 0.717) is 29.4 Å². The summed E-state index contributed by atoms with van der Waals surface area (Å²) in [5.41, 5.74) is 9.39. The zero-order chi connectivity index (χ0) is 31.1. The molecule has 0 bridgehead atoms. The van der Waals surface area contributed by atoms with Crippen molar-refractivity contribution in [2.45, 2.75) is 53.3 Å². The Kier molecular flexibility index (Phi) is 10.1. The second-order valence-corrected chi connectivity index (χ2v) is 10.1. The summed E-state index contributed by atoms with van der Waals surface area (Å²) in [7, 11) is 1.28. The van der Waals surface area contributed by atoms with Crippen molar-refractivity contribution >= 4 is 18.2 Å². The zero-order valence-corrected chi connectivity index (χ0v) is 25.4. The Labute approximate surface area is 251 Å². The van der Waals surface area contributed by atoms with Crippen molar-refractivity contribution in [2.75, 3.05) is 20.3 Å². The molecule has 0 spiro atoms. The highest BCUT2D eigenvalue weighted by atomic mass is 16.5. The number of hydrogen-bond acceptors (Lipinski definition) is 8. The van der Waals surface area contributed by atoms with Gasteiger partial charge in [-0.05, 0) is 75.6 Å². The predicted molar refractivity (Wildman–Crippen MR) is 164 cm³/mol. The summed E-state index contributed by atoms with van der Waals surface area (Å²) in [6.07, 6.45) is 1.56. The Morgan fingerprint density at radius 1 is 1.09 bits per heavy atom. The Morgan fingerprint density at radius 3 is 2.51 bits per heavy atom. The fraction of sp³-hybridized carbons (Fsp3) is 0.344. The van der Waals surface area contributed by atoms with Gasteiger partial charge in [-0.15, -0.1) is 0 Å². The molecule has 11 nitrogen and oxygen atoms in total. The third-order valence-corrected chi connectivity index (χ3v) is 7.17. The van der Waals surface area contributed by atoms with Gasteiger partial charge < -0.3 is 34.5 Å². The number of benzene rings is 2. The van der Waals surface area contributed by atoms with Crippen LogP contribution in [-0.4, -0.2) is 54.4 Å². The number of hydrazone groups is 1. The topological polar surface area (TPSA) is 135 Å². The third-order valence-electron chi connectivity index (χ3n) is 7.17. The maximum atomic E-state index is 12.4. The van der Waals surface area contributed by atoms with E-state index >= 15 is 0 Å². The first-order chi connectivity index (χ1) is 20.7. The molecule has 2 heterocycles. The van der Waals surface area contributed by atoms with E-state index in [4.69, 9.17) is 14.2 Å². The minimum atomic E-state index is -1.10. The van der Waals surface area contributed by atoms with Crippen LogP contribution >= 0.6 is 0 Å². The van der Waals surface area contributed by atoms with Crippen molar-refractivity contribution in [3.05, 3.63) is 87.9 Å². The number of hydrogen-bond donors (Lipinski definition) is 4. The van der Waals surface area contributed by atoms with Crippen LogP contribution in [0, 0.1) is 13.8 Å². The molecule has 0 unspecified atom stereocenters. The number of ether oxygens (including phenoxy) is 3. The van der Waals surface area contributed by atoms with Crippen LogP contribution in [0.4, 0.5) is 4.79 Å². The van der Waals surface area contributed by atoms with Crippen molar-refractivity contribution < 1.29 is 28.9 Å². The van der Waals surface area contributed by atoms with E-state index in [9.17, 15) is 14.7 Å². The second kappa shape index (κ2) is 13.9. The number of rotatable bonds is 12. The van der Waals surface area contributed by atoms with E-state index in [1.165, 1.54) is 12.7 Å². The number of carbonyl (C=O) groups is 2. The quantitative estimate of drug-likeness (QED) is 0.108. The van der Waals surface area contributed by atoms with Crippen molar-refractivity contribution in [1.29, 1.82) is 0 Å². The van der Waals surface area contributed by atoms with Crippen LogP contribution < -0.4 is 25.5 Å². The summed E-state index contributed by atoms with van der Waals surface area (Å²) in [6.45, 7) is 9.91. The number of aliphatic hydroxyl groups is 1. The predicted octanol–water partition coefficient (Wildman–Crippen LogP) is 4.18. The Hall–Kier alpha value is -4.77. The molecule has 2 amide bonds. The lowest BCUT2D eigenvalue weighted by atomic mass is 9.95. The van der Waals surface area contributed by atoms with E-state index in [-0.39, 0.29) is 12.2 Å². The van der Waals surface area contributed by atoms with Gasteiger partial charge in [0.1, 0.15) is 6.61 Å². The molecule has 1 aromatic heterocycles. The molecular formula is C32H39N5O6. The highest BCUT2D eigenvalue weighted by Gasteiger charge is 2.32. The van der Waals surface area contributed by atoms with Gasteiger partial charge in [0.2, 0.25) is 0 Å². The van der Waals surface area contributed by atoms with Crippen molar-refractivity contribution in [3.8, 4) is 17.2 Å². The van der Waals surface area contributed by atoms with Crippen molar-refractivity contribution in [1.82, 2.24) is 20.6 Å². The van der Waals surface area contributed by atoms with Crippen LogP contribution in [0.25, 0.3) is 5.69 Å². The van der Waals surface area contributed by atoms with Gasteiger partial charge in [0.25, 0.3) is 0 Å². The molecule has 0 radical (unpaired) electrons. The first kappa shape index (κ1) is 31.2. The molecule has 4 N–H and O–H groups in total. The zero-order valence-electron chi connectivity index (χ0n) is 25.4. The molecule has 0 saturated heterocycles. The van der Waals surface area contributed by atoms with E-state index < -0.39 is 24.3 Å². The first-order valence-corrected chi connectivity index (χ1v) is 14.2. The van der Waals surface area contributed by atoms with Gasteiger partial charge in [-0.25, -0.2) is 9.59 Å². The van der Waals surface area contributed by atoms with Gasteiger partial charge in [0.05, 0.1) is 31.5 Å². The molecule has 0 saturated carbocycles. The van der Waals surface area contributed by atoms with Gasteiger partial charge >= 0.3 is 12.0 Å². The smallest absolute Gasteiger partial charge is 0.337 e. The second-order valence-electron chi connectivity index (χ2n) is 10.1. The van der Waals surface area contributed by atoms with Crippen LogP contribution in [0.3, 0.4) is 0 Å². The van der Waals surface area contributed by atoms with Gasteiger partial charge in [-0.1, -0.05) is 25.1 Å². The average Bonchev–Trinajstić information content (AvgIpc) is 3.28. The number of carbonyl (C=O) groups excluding carboxylic acids is 2. The highest BCUT2D eigenvalue weighted by molar-refractivity contribution is 5.95. The molecule has 0 aliphatic carbocycles. The number of amides is 2. The number of esters is 1. The van der Waals surface area contributed by atoms with Crippen molar-refractivity contribution in [3.63, 3.8) is 0 Å². The monoisotopic (exact) mass is 589 g/mol. The van der Waals surface area contributed by atoms with E-state index in [0.717, 1.165) is 29.1 Å². The summed E-state index contributed by atoms with van der Waals surface area (Å²) in [6, 6.07) is 14.4. The largest absolute Gasteiger partial charge is 0.490 e. The molecule has 1 aliphatic heterocycles. The molecular weight excluding hydrogens is 550 g/mol. The summed E-state index contributed by atoms with van der Waals surface area (Å²) in [4.78, 5) is 24.6. The van der Waals surface area contributed by atoms with Gasteiger partial charge in [0.15, 0.2) is 17.7 Å². The number of aliphatic hydroxyl groups excluding tert-OH is 1. The lowest BCUT2D eigenvalue weighted by molar-refractivity contribution is -0.136. The van der Waals surface area contributed by atoms with Crippen LogP contribution in [0.1, 0.15) is 54.9 Å². The number of nitrogens with zero attached hydrogens (tertiary/aromatic N) is 2. The number of urea groups is 1. The average molecular weight is 590 g/mol.